The van der Waals surface area contributed by atoms with Crippen LogP contribution in [0.2, 0.25) is 0 Å². The molecule has 0 fully saturated rings. The van der Waals surface area contributed by atoms with E-state index in [2.05, 4.69) is 15.5 Å². The van der Waals surface area contributed by atoms with Crippen molar-refractivity contribution in [1.82, 2.24) is 15.5 Å². The monoisotopic (exact) mass is 291 g/mol. The summed E-state index contributed by atoms with van der Waals surface area (Å²) < 4.78 is 15.9. The maximum Gasteiger partial charge on any atom is 0.246 e. The van der Waals surface area contributed by atoms with Crippen molar-refractivity contribution in [2.75, 3.05) is 20.8 Å². The van der Waals surface area contributed by atoms with Crippen LogP contribution in [0.4, 0.5) is 0 Å². The topological polar surface area (TPSA) is 69.4 Å². The fraction of sp³-hybridized carbons (Fsp3) is 0.467. The van der Waals surface area contributed by atoms with Crippen molar-refractivity contribution in [1.29, 1.82) is 0 Å². The number of methoxy groups -OCH3 is 2. The quantitative estimate of drug-likeness (QED) is 0.882. The zero-order valence-corrected chi connectivity index (χ0v) is 13.1. The Morgan fingerprint density at radius 1 is 1.14 bits per heavy atom. The number of ether oxygens (including phenoxy) is 2. The molecule has 0 aliphatic rings. The van der Waals surface area contributed by atoms with Crippen LogP contribution in [-0.2, 0) is 5.54 Å². The van der Waals surface area contributed by atoms with Gasteiger partial charge in [0.15, 0.2) is 0 Å². The number of aromatic nitrogens is 2. The van der Waals surface area contributed by atoms with Crippen molar-refractivity contribution in [3.8, 4) is 22.9 Å². The normalized spacial score (nSPS) is 11.5. The average Bonchev–Trinajstić information content (AvgIpc) is 2.97. The van der Waals surface area contributed by atoms with E-state index in [4.69, 9.17) is 14.0 Å². The Kier molecular flexibility index (Phi) is 4.47. The fourth-order valence-electron chi connectivity index (χ4n) is 2.05. The van der Waals surface area contributed by atoms with Gasteiger partial charge in [-0.2, -0.15) is 4.98 Å². The first-order valence-electron chi connectivity index (χ1n) is 6.82. The summed E-state index contributed by atoms with van der Waals surface area (Å²) in [7, 11) is 3.21. The molecule has 114 valence electrons. The average molecular weight is 291 g/mol. The smallest absolute Gasteiger partial charge is 0.246 e. The Balaban J connectivity index is 2.37. The molecule has 0 bridgehead atoms. The molecule has 2 aromatic rings. The van der Waals surface area contributed by atoms with E-state index in [1.165, 1.54) is 0 Å². The van der Waals surface area contributed by atoms with Gasteiger partial charge in [-0.25, -0.2) is 0 Å². The molecule has 0 aliphatic carbocycles. The second kappa shape index (κ2) is 6.13. The van der Waals surface area contributed by atoms with Crippen molar-refractivity contribution >= 4 is 0 Å². The first-order chi connectivity index (χ1) is 10.00. The lowest BCUT2D eigenvalue weighted by Gasteiger charge is -2.20. The Labute approximate surface area is 124 Å². The summed E-state index contributed by atoms with van der Waals surface area (Å²) in [5, 5.41) is 7.35. The van der Waals surface area contributed by atoms with E-state index >= 15 is 0 Å². The third-order valence-electron chi connectivity index (χ3n) is 3.19. The molecular weight excluding hydrogens is 270 g/mol. The molecule has 0 atom stereocenters. The van der Waals surface area contributed by atoms with Crippen LogP contribution >= 0.6 is 0 Å². The van der Waals surface area contributed by atoms with E-state index in [1.807, 2.05) is 32.9 Å². The summed E-state index contributed by atoms with van der Waals surface area (Å²) in [5.41, 5.74) is 0.414. The van der Waals surface area contributed by atoms with Gasteiger partial charge in [0.25, 0.3) is 0 Å². The van der Waals surface area contributed by atoms with Crippen LogP contribution in [0, 0.1) is 0 Å². The summed E-state index contributed by atoms with van der Waals surface area (Å²) in [6.45, 7) is 6.85. The van der Waals surface area contributed by atoms with Crippen molar-refractivity contribution in [3.05, 3.63) is 24.1 Å². The van der Waals surface area contributed by atoms with Gasteiger partial charge in [-0.3, -0.25) is 0 Å². The van der Waals surface area contributed by atoms with Crippen molar-refractivity contribution in [3.63, 3.8) is 0 Å². The highest BCUT2D eigenvalue weighted by atomic mass is 16.5. The van der Waals surface area contributed by atoms with Crippen molar-refractivity contribution < 1.29 is 14.0 Å². The van der Waals surface area contributed by atoms with Gasteiger partial charge in [0.05, 0.1) is 19.8 Å². The van der Waals surface area contributed by atoms with Crippen LogP contribution in [0.15, 0.2) is 22.7 Å². The molecule has 0 spiro atoms. The van der Waals surface area contributed by atoms with Crippen molar-refractivity contribution in [2.45, 2.75) is 26.3 Å². The minimum Gasteiger partial charge on any atom is -0.497 e. The van der Waals surface area contributed by atoms with Gasteiger partial charge in [0, 0.05) is 11.6 Å². The van der Waals surface area contributed by atoms with Crippen LogP contribution in [-0.4, -0.2) is 30.9 Å². The number of nitrogens with zero attached hydrogens (tertiary/aromatic N) is 2. The van der Waals surface area contributed by atoms with Gasteiger partial charge in [-0.05, 0) is 32.5 Å². The molecule has 0 aliphatic heterocycles. The summed E-state index contributed by atoms with van der Waals surface area (Å²) >= 11 is 0. The summed E-state index contributed by atoms with van der Waals surface area (Å²) in [6.07, 6.45) is 0. The first-order valence-corrected chi connectivity index (χ1v) is 6.82. The van der Waals surface area contributed by atoms with E-state index in [0.29, 0.717) is 23.2 Å². The lowest BCUT2D eigenvalue weighted by atomic mass is 10.1. The molecule has 0 radical (unpaired) electrons. The lowest BCUT2D eigenvalue weighted by Crippen LogP contribution is -2.36. The second-order valence-corrected chi connectivity index (χ2v) is 5.18. The molecule has 1 heterocycles. The Bertz CT molecular complexity index is 586. The molecule has 6 heteroatoms. The number of hydrogen-bond acceptors (Lipinski definition) is 6. The summed E-state index contributed by atoms with van der Waals surface area (Å²) in [4.78, 5) is 4.47. The summed E-state index contributed by atoms with van der Waals surface area (Å²) in [6, 6.07) is 5.49. The Morgan fingerprint density at radius 2 is 1.76 bits per heavy atom. The maximum absolute atomic E-state index is 5.38. The standard InChI is InChI=1S/C15H21N3O3/c1-6-16-15(2,3)14-17-13(18-21-14)10-7-11(19-4)9-12(8-10)20-5/h7-9,16H,6H2,1-5H3. The molecule has 0 saturated carbocycles. The van der Waals surface area contributed by atoms with Gasteiger partial charge in [0.2, 0.25) is 11.7 Å². The number of rotatable bonds is 6. The predicted octanol–water partition coefficient (Wildman–Crippen LogP) is 2.60. The van der Waals surface area contributed by atoms with E-state index in [1.54, 1.807) is 20.3 Å². The van der Waals surface area contributed by atoms with E-state index in [0.717, 1.165) is 12.1 Å². The SMILES string of the molecule is CCNC(C)(C)c1nc(-c2cc(OC)cc(OC)c2)no1. The molecule has 21 heavy (non-hydrogen) atoms. The molecule has 1 aromatic heterocycles. The molecule has 0 amide bonds. The predicted molar refractivity (Wildman–Crippen MR) is 79.5 cm³/mol. The van der Waals surface area contributed by atoms with Crippen molar-refractivity contribution in [2.24, 2.45) is 0 Å². The van der Waals surface area contributed by atoms with E-state index in [-0.39, 0.29) is 5.54 Å². The highest BCUT2D eigenvalue weighted by Crippen LogP contribution is 2.29. The zero-order chi connectivity index (χ0) is 15.5. The Morgan fingerprint density at radius 3 is 2.29 bits per heavy atom. The van der Waals surface area contributed by atoms with Gasteiger partial charge in [0.1, 0.15) is 11.5 Å². The third kappa shape index (κ3) is 3.33. The second-order valence-electron chi connectivity index (χ2n) is 5.18. The van der Waals surface area contributed by atoms with Gasteiger partial charge in [-0.1, -0.05) is 12.1 Å². The van der Waals surface area contributed by atoms with Gasteiger partial charge >= 0.3 is 0 Å². The number of nitrogens with one attached hydrogen (secondary N) is 1. The van der Waals surface area contributed by atoms with E-state index in [9.17, 15) is 0 Å². The van der Waals surface area contributed by atoms with Crippen LogP contribution in [0.1, 0.15) is 26.7 Å². The molecule has 1 aromatic carbocycles. The first kappa shape index (κ1) is 15.3. The largest absolute Gasteiger partial charge is 0.497 e. The molecule has 0 unspecified atom stereocenters. The molecule has 2 rings (SSSR count). The van der Waals surface area contributed by atoms with Gasteiger partial charge in [-0.15, -0.1) is 0 Å². The zero-order valence-electron chi connectivity index (χ0n) is 13.1. The van der Waals surface area contributed by atoms with Crippen LogP contribution in [0.5, 0.6) is 11.5 Å². The lowest BCUT2D eigenvalue weighted by molar-refractivity contribution is 0.272. The molecule has 0 saturated heterocycles. The molecular formula is C15H21N3O3. The molecule has 1 N–H and O–H groups in total. The third-order valence-corrected chi connectivity index (χ3v) is 3.19. The Hall–Kier alpha value is -2.08. The summed E-state index contributed by atoms with van der Waals surface area (Å²) in [5.74, 6) is 2.41. The highest BCUT2D eigenvalue weighted by molar-refractivity contribution is 5.60. The maximum atomic E-state index is 5.38. The van der Waals surface area contributed by atoms with Crippen LogP contribution < -0.4 is 14.8 Å². The van der Waals surface area contributed by atoms with Crippen LogP contribution in [0.3, 0.4) is 0 Å². The highest BCUT2D eigenvalue weighted by Gasteiger charge is 2.26. The minimum atomic E-state index is -0.372. The van der Waals surface area contributed by atoms with E-state index < -0.39 is 0 Å². The molecule has 6 nitrogen and oxygen atoms in total. The number of hydrogen-bond donors (Lipinski definition) is 1. The number of benzene rings is 1. The minimum absolute atomic E-state index is 0.372. The van der Waals surface area contributed by atoms with Gasteiger partial charge < -0.3 is 19.3 Å². The van der Waals surface area contributed by atoms with Crippen LogP contribution in [0.25, 0.3) is 11.4 Å². The fourth-order valence-corrected chi connectivity index (χ4v) is 2.05.